The van der Waals surface area contributed by atoms with Gasteiger partial charge in [-0.05, 0) is 25.5 Å². The molecule has 1 saturated heterocycles. The highest BCUT2D eigenvalue weighted by molar-refractivity contribution is 7.91. The number of sulfone groups is 1. The zero-order valence-corrected chi connectivity index (χ0v) is 12.4. The molecule has 21 heavy (non-hydrogen) atoms. The third-order valence-corrected chi connectivity index (χ3v) is 5.39. The van der Waals surface area contributed by atoms with Crippen molar-refractivity contribution in [3.8, 4) is 0 Å². The van der Waals surface area contributed by atoms with Gasteiger partial charge in [0.05, 0.1) is 28.3 Å². The van der Waals surface area contributed by atoms with Crippen molar-refractivity contribution in [2.75, 3.05) is 11.5 Å². The number of hydrogen-bond donors (Lipinski definition) is 1. The van der Waals surface area contributed by atoms with Gasteiger partial charge in [-0.3, -0.25) is 14.8 Å². The molecule has 110 valence electrons. The van der Waals surface area contributed by atoms with E-state index in [1.54, 1.807) is 31.5 Å². The maximum Gasteiger partial charge on any atom is 0.253 e. The van der Waals surface area contributed by atoms with Crippen LogP contribution in [0.1, 0.15) is 22.5 Å². The molecule has 1 N–H and O–H groups in total. The first-order valence-electron chi connectivity index (χ1n) is 6.67. The Labute approximate surface area is 122 Å². The van der Waals surface area contributed by atoms with E-state index in [0.717, 1.165) is 10.9 Å². The van der Waals surface area contributed by atoms with Crippen LogP contribution >= 0.6 is 0 Å². The van der Waals surface area contributed by atoms with Crippen molar-refractivity contribution in [2.24, 2.45) is 0 Å². The fraction of sp³-hybridized carbons (Fsp3) is 0.357. The molecule has 6 nitrogen and oxygen atoms in total. The molecule has 1 atom stereocenters. The van der Waals surface area contributed by atoms with E-state index in [1.807, 2.05) is 0 Å². The second-order valence-electron chi connectivity index (χ2n) is 5.26. The van der Waals surface area contributed by atoms with E-state index in [1.165, 1.54) is 0 Å². The molecule has 1 amide bonds. The van der Waals surface area contributed by atoms with E-state index in [4.69, 9.17) is 0 Å². The Hall–Kier alpha value is -2.02. The molecule has 7 heteroatoms. The molecule has 1 aliphatic rings. The molecule has 0 aromatic carbocycles. The number of carbonyl (C=O) groups is 1. The minimum atomic E-state index is -3.01. The Bertz CT molecular complexity index is 817. The van der Waals surface area contributed by atoms with Crippen LogP contribution in [0.15, 0.2) is 24.5 Å². The summed E-state index contributed by atoms with van der Waals surface area (Å²) >= 11 is 0. The molecule has 0 radical (unpaired) electrons. The highest BCUT2D eigenvalue weighted by Gasteiger charge is 2.29. The van der Waals surface area contributed by atoms with Crippen LogP contribution in [-0.2, 0) is 9.84 Å². The number of carbonyl (C=O) groups excluding carboxylic acids is 1. The van der Waals surface area contributed by atoms with E-state index in [2.05, 4.69) is 15.3 Å². The normalized spacial score (nSPS) is 20.5. The fourth-order valence-corrected chi connectivity index (χ4v) is 4.19. The summed E-state index contributed by atoms with van der Waals surface area (Å²) in [5.41, 5.74) is 1.86. The molecule has 0 aliphatic carbocycles. The number of aromatic nitrogens is 2. The number of hydrogen-bond acceptors (Lipinski definition) is 5. The SMILES string of the molecule is Cc1nc2ccncc2cc1C(=O)NC1CCS(=O)(=O)C1. The Kier molecular flexibility index (Phi) is 3.36. The van der Waals surface area contributed by atoms with Crippen molar-refractivity contribution in [3.05, 3.63) is 35.8 Å². The van der Waals surface area contributed by atoms with Crippen molar-refractivity contribution in [1.29, 1.82) is 0 Å². The number of nitrogens with zero attached hydrogens (tertiary/aromatic N) is 2. The lowest BCUT2D eigenvalue weighted by atomic mass is 10.1. The summed E-state index contributed by atoms with van der Waals surface area (Å²) in [4.78, 5) is 20.7. The molecule has 2 aromatic rings. The Morgan fingerprint density at radius 1 is 1.43 bits per heavy atom. The minimum absolute atomic E-state index is 0.0142. The van der Waals surface area contributed by atoms with E-state index >= 15 is 0 Å². The fourth-order valence-electron chi connectivity index (χ4n) is 2.52. The van der Waals surface area contributed by atoms with E-state index < -0.39 is 9.84 Å². The molecule has 0 spiro atoms. The predicted molar refractivity (Wildman–Crippen MR) is 78.8 cm³/mol. The van der Waals surface area contributed by atoms with Gasteiger partial charge >= 0.3 is 0 Å². The lowest BCUT2D eigenvalue weighted by molar-refractivity contribution is 0.0940. The average molecular weight is 305 g/mol. The first-order valence-corrected chi connectivity index (χ1v) is 8.49. The van der Waals surface area contributed by atoms with E-state index in [9.17, 15) is 13.2 Å². The lowest BCUT2D eigenvalue weighted by Gasteiger charge is -2.12. The third-order valence-electron chi connectivity index (χ3n) is 3.62. The van der Waals surface area contributed by atoms with Gasteiger partial charge < -0.3 is 5.32 Å². The topological polar surface area (TPSA) is 89.0 Å². The molecular weight excluding hydrogens is 290 g/mol. The second-order valence-corrected chi connectivity index (χ2v) is 7.49. The van der Waals surface area contributed by atoms with Gasteiger partial charge in [0.15, 0.2) is 9.84 Å². The molecular formula is C14H15N3O3S. The van der Waals surface area contributed by atoms with E-state index in [0.29, 0.717) is 17.7 Å². The monoisotopic (exact) mass is 305 g/mol. The summed E-state index contributed by atoms with van der Waals surface area (Å²) in [6.07, 6.45) is 3.77. The van der Waals surface area contributed by atoms with Crippen molar-refractivity contribution in [2.45, 2.75) is 19.4 Å². The van der Waals surface area contributed by atoms with Gasteiger partial charge in [0.25, 0.3) is 5.91 Å². The number of nitrogens with one attached hydrogen (secondary N) is 1. The smallest absolute Gasteiger partial charge is 0.253 e. The standard InChI is InChI=1S/C14H15N3O3S/c1-9-12(6-10-7-15-4-2-13(10)16-9)14(18)17-11-3-5-21(19,20)8-11/h2,4,6-7,11H,3,5,8H2,1H3,(H,17,18). The molecule has 1 fully saturated rings. The zero-order chi connectivity index (χ0) is 15.0. The lowest BCUT2D eigenvalue weighted by Crippen LogP contribution is -2.36. The third kappa shape index (κ3) is 2.87. The summed E-state index contributed by atoms with van der Waals surface area (Å²) in [5, 5.41) is 3.56. The van der Waals surface area contributed by atoms with E-state index in [-0.39, 0.29) is 23.5 Å². The summed E-state index contributed by atoms with van der Waals surface area (Å²) < 4.78 is 22.9. The van der Waals surface area contributed by atoms with Crippen LogP contribution in [0, 0.1) is 6.92 Å². The molecule has 3 heterocycles. The van der Waals surface area contributed by atoms with Gasteiger partial charge in [-0.25, -0.2) is 8.42 Å². The van der Waals surface area contributed by atoms with Crippen LogP contribution < -0.4 is 5.32 Å². The molecule has 2 aromatic heterocycles. The number of pyridine rings is 2. The number of aryl methyl sites for hydroxylation is 1. The summed E-state index contributed by atoms with van der Waals surface area (Å²) in [6.45, 7) is 1.76. The predicted octanol–water partition coefficient (Wildman–Crippen LogP) is 0.855. The number of rotatable bonds is 2. The quantitative estimate of drug-likeness (QED) is 0.888. The summed E-state index contributed by atoms with van der Waals surface area (Å²) in [6, 6.07) is 3.21. The largest absolute Gasteiger partial charge is 0.348 e. The van der Waals surface area contributed by atoms with Gasteiger partial charge in [0, 0.05) is 23.8 Å². The Morgan fingerprint density at radius 3 is 2.95 bits per heavy atom. The van der Waals surface area contributed by atoms with Gasteiger partial charge in [0.2, 0.25) is 0 Å². The molecule has 1 aliphatic heterocycles. The van der Waals surface area contributed by atoms with Gasteiger partial charge in [-0.1, -0.05) is 0 Å². The highest BCUT2D eigenvalue weighted by Crippen LogP contribution is 2.17. The van der Waals surface area contributed by atoms with Gasteiger partial charge in [-0.2, -0.15) is 0 Å². The summed E-state index contributed by atoms with van der Waals surface area (Å²) in [7, 11) is -3.01. The Balaban J connectivity index is 1.86. The van der Waals surface area contributed by atoms with Crippen molar-refractivity contribution < 1.29 is 13.2 Å². The summed E-state index contributed by atoms with van der Waals surface area (Å²) in [5.74, 6) is -0.134. The molecule has 0 bridgehead atoms. The van der Waals surface area contributed by atoms with Gasteiger partial charge in [0.1, 0.15) is 0 Å². The highest BCUT2D eigenvalue weighted by atomic mass is 32.2. The Morgan fingerprint density at radius 2 is 2.24 bits per heavy atom. The maximum absolute atomic E-state index is 12.3. The van der Waals surface area contributed by atoms with Crippen molar-refractivity contribution in [3.63, 3.8) is 0 Å². The zero-order valence-electron chi connectivity index (χ0n) is 11.5. The van der Waals surface area contributed by atoms with Crippen LogP contribution in [0.25, 0.3) is 10.9 Å². The molecule has 1 unspecified atom stereocenters. The molecule has 3 rings (SSSR count). The second kappa shape index (κ2) is 5.07. The van der Waals surface area contributed by atoms with Crippen LogP contribution in [-0.4, -0.2) is 41.8 Å². The van der Waals surface area contributed by atoms with Crippen LogP contribution in [0.5, 0.6) is 0 Å². The minimum Gasteiger partial charge on any atom is -0.348 e. The number of fused-ring (bicyclic) bond motifs is 1. The molecule has 0 saturated carbocycles. The van der Waals surface area contributed by atoms with Crippen molar-refractivity contribution >= 4 is 26.6 Å². The van der Waals surface area contributed by atoms with Crippen LogP contribution in [0.3, 0.4) is 0 Å². The van der Waals surface area contributed by atoms with Crippen molar-refractivity contribution in [1.82, 2.24) is 15.3 Å². The number of amides is 1. The van der Waals surface area contributed by atoms with Gasteiger partial charge in [-0.15, -0.1) is 0 Å². The van der Waals surface area contributed by atoms with Crippen LogP contribution in [0.4, 0.5) is 0 Å². The van der Waals surface area contributed by atoms with Crippen LogP contribution in [0.2, 0.25) is 0 Å². The first kappa shape index (κ1) is 13.9. The average Bonchev–Trinajstić information content (AvgIpc) is 2.77. The first-order chi connectivity index (χ1) is 9.94. The maximum atomic E-state index is 12.3.